The highest BCUT2D eigenvalue weighted by Crippen LogP contribution is 2.50. The molecule has 536 valence electrons. The van der Waals surface area contributed by atoms with E-state index >= 15 is 0 Å². The number of anilines is 6. The highest BCUT2D eigenvalue weighted by atomic mass is 32.1. The first kappa shape index (κ1) is 67.7. The molecule has 0 N–H and O–H groups in total. The summed E-state index contributed by atoms with van der Waals surface area (Å²) in [5.41, 5.74) is 28.4. The standard InChI is InChI=1S/2C54H36N2S/c1-4-14-37(15-5-1)38-24-29-44(30-25-38)55(42-16-6-2-7-17-42)45-31-26-39(27-32-45)41-34-49(54-50(35-41)48-21-11-13-23-53(48)57-54)40-28-33-47-46-20-10-12-22-51(46)56(52(47)36-40)43-18-8-3-9-19-43;1-4-14-37(15-5-1)39-24-29-43(30-25-39)55(44-31-26-40(27-32-44)38-16-6-2-7-17-38)45-35-48(54-50(36-45)47-21-11-13-23-53(47)57-54)41-28-33-52-49(34-41)46-20-10-12-22-51(46)56(52)42-18-8-3-9-19-42/h2*1-36H. The van der Waals surface area contributed by atoms with Crippen LogP contribution >= 0.6 is 22.7 Å². The monoisotopic (exact) mass is 1490 g/mol. The van der Waals surface area contributed by atoms with Gasteiger partial charge in [0.1, 0.15) is 0 Å². The van der Waals surface area contributed by atoms with E-state index in [0.29, 0.717) is 0 Å². The van der Waals surface area contributed by atoms with Crippen molar-refractivity contribution in [2.24, 2.45) is 0 Å². The minimum absolute atomic E-state index is 1.10. The van der Waals surface area contributed by atoms with Crippen LogP contribution < -0.4 is 9.80 Å². The molecule has 0 aliphatic rings. The second kappa shape index (κ2) is 29.1. The molecular formula is C108H72N4S2. The average molecular weight is 1490 g/mol. The predicted molar refractivity (Wildman–Crippen MR) is 489 cm³/mol. The number of hydrogen-bond donors (Lipinski definition) is 0. The molecule has 0 unspecified atom stereocenters. The molecule has 4 nitrogen and oxygen atoms in total. The van der Waals surface area contributed by atoms with Gasteiger partial charge in [-0.1, -0.05) is 285 Å². The molecule has 22 aromatic rings. The lowest BCUT2D eigenvalue weighted by molar-refractivity contribution is 1.18. The molecular weight excluding hydrogens is 1420 g/mol. The van der Waals surface area contributed by atoms with E-state index < -0.39 is 0 Å². The molecule has 0 bridgehead atoms. The summed E-state index contributed by atoms with van der Waals surface area (Å²) in [6.07, 6.45) is 0. The number of para-hydroxylation sites is 5. The number of rotatable bonds is 14. The van der Waals surface area contributed by atoms with Gasteiger partial charge in [-0.05, 0) is 207 Å². The van der Waals surface area contributed by atoms with Crippen molar-refractivity contribution in [2.75, 3.05) is 9.80 Å². The number of hydrogen-bond acceptors (Lipinski definition) is 4. The molecule has 22 rings (SSSR count). The maximum absolute atomic E-state index is 2.42. The van der Waals surface area contributed by atoms with Gasteiger partial charge in [-0.25, -0.2) is 0 Å². The maximum atomic E-state index is 2.42. The lowest BCUT2D eigenvalue weighted by Crippen LogP contribution is -2.10. The van der Waals surface area contributed by atoms with E-state index in [2.05, 4.69) is 456 Å². The smallest absolute Gasteiger partial charge is 0.0547 e. The minimum Gasteiger partial charge on any atom is -0.311 e. The third kappa shape index (κ3) is 12.3. The Balaban J connectivity index is 0.000000143. The second-order valence-corrected chi connectivity index (χ2v) is 31.2. The third-order valence-electron chi connectivity index (χ3n) is 22.4. The van der Waals surface area contributed by atoms with Crippen LogP contribution in [-0.2, 0) is 0 Å². The van der Waals surface area contributed by atoms with Gasteiger partial charge in [-0.2, -0.15) is 0 Å². The zero-order valence-corrected chi connectivity index (χ0v) is 63.8. The number of thiophene rings is 2. The Kier molecular flexibility index (Phi) is 17.3. The Bertz CT molecular complexity index is 7200. The van der Waals surface area contributed by atoms with E-state index in [1.54, 1.807) is 0 Å². The number of fused-ring (bicyclic) bond motifs is 12. The van der Waals surface area contributed by atoms with Crippen LogP contribution in [0.3, 0.4) is 0 Å². The quantitative estimate of drug-likeness (QED) is 0.108. The van der Waals surface area contributed by atoms with Gasteiger partial charge < -0.3 is 18.9 Å². The number of benzene rings is 18. The van der Waals surface area contributed by atoms with E-state index in [4.69, 9.17) is 0 Å². The summed E-state index contributed by atoms with van der Waals surface area (Å²) in [5, 5.41) is 10.2. The molecule has 4 aromatic heterocycles. The highest BCUT2D eigenvalue weighted by molar-refractivity contribution is 7.26. The summed E-state index contributed by atoms with van der Waals surface area (Å²) in [4.78, 5) is 4.75. The molecule has 6 heteroatoms. The molecule has 4 heterocycles. The molecule has 0 saturated carbocycles. The molecule has 0 atom stereocenters. The first-order valence-electron chi connectivity index (χ1n) is 38.8. The minimum atomic E-state index is 1.10. The SMILES string of the molecule is c1ccc(-c2ccc(N(c3ccc(-c4ccccc4)cc3)c3cc(-c4ccc5c(c4)c4ccccc4n5-c4ccccc4)c4sc5ccccc5c4c3)cc2)cc1.c1ccc(-c2ccc(N(c3ccccc3)c3ccc(-c4cc(-c5ccc6c7ccccc7n(-c7ccccc7)c6c5)c5sc6ccccc6c5c4)cc3)cc2)cc1. The van der Waals surface area contributed by atoms with E-state index in [1.165, 1.54) is 156 Å². The lowest BCUT2D eigenvalue weighted by Gasteiger charge is -2.27. The molecule has 0 spiro atoms. The first-order valence-corrected chi connectivity index (χ1v) is 40.5. The topological polar surface area (TPSA) is 16.3 Å². The number of nitrogens with zero attached hydrogens (tertiary/aromatic N) is 4. The van der Waals surface area contributed by atoms with E-state index in [9.17, 15) is 0 Å². The summed E-state index contributed by atoms with van der Waals surface area (Å²) in [5.74, 6) is 0. The van der Waals surface area contributed by atoms with Crippen LogP contribution in [0, 0.1) is 0 Å². The van der Waals surface area contributed by atoms with Crippen molar-refractivity contribution in [3.05, 3.63) is 437 Å². The van der Waals surface area contributed by atoms with Gasteiger partial charge in [0.15, 0.2) is 0 Å². The normalized spacial score (nSPS) is 11.5. The van der Waals surface area contributed by atoms with Crippen molar-refractivity contribution in [1.82, 2.24) is 9.13 Å². The van der Waals surface area contributed by atoms with Gasteiger partial charge in [0.25, 0.3) is 0 Å². The van der Waals surface area contributed by atoms with Gasteiger partial charge in [0, 0.05) is 119 Å². The van der Waals surface area contributed by atoms with Gasteiger partial charge in [-0.15, -0.1) is 22.7 Å². The molecule has 0 amide bonds. The Morgan fingerprint density at radius 1 is 0.167 bits per heavy atom. The van der Waals surface area contributed by atoms with Crippen LogP contribution in [0.5, 0.6) is 0 Å². The summed E-state index contributed by atoms with van der Waals surface area (Å²) in [6, 6.07) is 159. The van der Waals surface area contributed by atoms with Gasteiger partial charge in [-0.3, -0.25) is 0 Å². The maximum Gasteiger partial charge on any atom is 0.0547 e. The van der Waals surface area contributed by atoms with E-state index in [1.807, 2.05) is 22.7 Å². The molecule has 0 saturated heterocycles. The first-order chi connectivity index (χ1) is 56.5. The van der Waals surface area contributed by atoms with Crippen molar-refractivity contribution in [3.63, 3.8) is 0 Å². The van der Waals surface area contributed by atoms with Gasteiger partial charge in [0.05, 0.1) is 22.1 Å². The zero-order valence-electron chi connectivity index (χ0n) is 62.2. The predicted octanol–water partition coefficient (Wildman–Crippen LogP) is 31.2. The van der Waals surface area contributed by atoms with Crippen LogP contribution in [0.2, 0.25) is 0 Å². The molecule has 18 aromatic carbocycles. The fraction of sp³-hybridized carbons (Fsp3) is 0. The largest absolute Gasteiger partial charge is 0.311 e. The summed E-state index contributed by atoms with van der Waals surface area (Å²) < 4.78 is 10.0. The summed E-state index contributed by atoms with van der Waals surface area (Å²) >= 11 is 3.77. The summed E-state index contributed by atoms with van der Waals surface area (Å²) in [6.45, 7) is 0. The summed E-state index contributed by atoms with van der Waals surface area (Å²) in [7, 11) is 0. The fourth-order valence-corrected chi connectivity index (χ4v) is 19.4. The Morgan fingerprint density at radius 3 is 0.956 bits per heavy atom. The second-order valence-electron chi connectivity index (χ2n) is 29.1. The molecule has 0 fully saturated rings. The zero-order chi connectivity index (χ0) is 75.4. The van der Waals surface area contributed by atoms with Gasteiger partial charge >= 0.3 is 0 Å². The van der Waals surface area contributed by atoms with Gasteiger partial charge in [0.2, 0.25) is 0 Å². The fourth-order valence-electron chi connectivity index (χ4n) is 16.9. The van der Waals surface area contributed by atoms with Crippen molar-refractivity contribution in [1.29, 1.82) is 0 Å². The lowest BCUT2D eigenvalue weighted by atomic mass is 9.95. The van der Waals surface area contributed by atoms with Crippen molar-refractivity contribution in [3.8, 4) is 78.1 Å². The molecule has 0 radical (unpaired) electrons. The van der Waals surface area contributed by atoms with Crippen LogP contribution in [0.15, 0.2) is 437 Å². The van der Waals surface area contributed by atoms with E-state index in [0.717, 1.165) is 39.8 Å². The van der Waals surface area contributed by atoms with E-state index in [-0.39, 0.29) is 0 Å². The molecule has 0 aliphatic heterocycles. The van der Waals surface area contributed by atoms with Crippen molar-refractivity contribution >= 4 is 141 Å². The van der Waals surface area contributed by atoms with Crippen LogP contribution in [0.4, 0.5) is 34.1 Å². The van der Waals surface area contributed by atoms with Crippen LogP contribution in [0.25, 0.3) is 162 Å². The molecule has 114 heavy (non-hydrogen) atoms. The average Bonchev–Trinajstić information content (AvgIpc) is 1.58. The number of aromatic nitrogens is 2. The Morgan fingerprint density at radius 2 is 0.474 bits per heavy atom. The van der Waals surface area contributed by atoms with Crippen molar-refractivity contribution < 1.29 is 0 Å². The Labute approximate surface area is 669 Å². The highest BCUT2D eigenvalue weighted by Gasteiger charge is 2.24. The third-order valence-corrected chi connectivity index (χ3v) is 24.8. The Hall–Kier alpha value is -14.4. The van der Waals surface area contributed by atoms with Crippen LogP contribution in [-0.4, -0.2) is 9.13 Å². The molecule has 0 aliphatic carbocycles. The van der Waals surface area contributed by atoms with Crippen molar-refractivity contribution in [2.45, 2.75) is 0 Å². The van der Waals surface area contributed by atoms with Crippen LogP contribution in [0.1, 0.15) is 0 Å².